The molecule has 21 heavy (non-hydrogen) atoms. The fraction of sp³-hybridized carbons (Fsp3) is 0.0714. The van der Waals surface area contributed by atoms with E-state index in [9.17, 15) is 18.0 Å². The van der Waals surface area contributed by atoms with Crippen molar-refractivity contribution in [2.45, 2.75) is 6.18 Å². The highest BCUT2D eigenvalue weighted by Crippen LogP contribution is 2.35. The van der Waals surface area contributed by atoms with Crippen molar-refractivity contribution in [2.75, 3.05) is 5.73 Å². The van der Waals surface area contributed by atoms with Crippen molar-refractivity contribution in [1.82, 2.24) is 0 Å². The number of carbonyl (C=O) groups is 1. The summed E-state index contributed by atoms with van der Waals surface area (Å²) in [6.45, 7) is 0. The second kappa shape index (κ2) is 5.81. The molecule has 2 rings (SSSR count). The van der Waals surface area contributed by atoms with Crippen molar-refractivity contribution in [3.8, 4) is 0 Å². The van der Waals surface area contributed by atoms with Crippen LogP contribution in [0.15, 0.2) is 45.3 Å². The fourth-order valence-corrected chi connectivity index (χ4v) is 2.57. The number of benzene rings is 2. The monoisotopic (exact) mass is 421 g/mol. The van der Waals surface area contributed by atoms with Gasteiger partial charge in [-0.3, -0.25) is 4.79 Å². The minimum Gasteiger partial charge on any atom is -0.398 e. The molecule has 7 heteroatoms. The third-order valence-corrected chi connectivity index (χ3v) is 4.17. The zero-order valence-corrected chi connectivity index (χ0v) is 13.5. The Bertz CT molecular complexity index is 714. The first-order valence-electron chi connectivity index (χ1n) is 5.66. The van der Waals surface area contributed by atoms with Gasteiger partial charge in [-0.25, -0.2) is 0 Å². The summed E-state index contributed by atoms with van der Waals surface area (Å²) >= 11 is 6.02. The number of alkyl halides is 3. The number of nitrogens with two attached hydrogens (primary N) is 1. The third kappa shape index (κ3) is 3.47. The molecule has 0 heterocycles. The average molecular weight is 423 g/mol. The number of anilines is 1. The number of carbonyl (C=O) groups excluding carboxylic acids is 1. The predicted octanol–water partition coefficient (Wildman–Crippen LogP) is 5.04. The van der Waals surface area contributed by atoms with Crippen molar-refractivity contribution in [2.24, 2.45) is 0 Å². The molecule has 2 aromatic carbocycles. The van der Waals surface area contributed by atoms with E-state index in [1.807, 2.05) is 0 Å². The van der Waals surface area contributed by atoms with Gasteiger partial charge in [0, 0.05) is 25.8 Å². The number of nitrogen functional groups attached to an aromatic ring is 1. The zero-order chi connectivity index (χ0) is 15.8. The second-order valence-electron chi connectivity index (χ2n) is 4.26. The molecule has 0 amide bonds. The van der Waals surface area contributed by atoms with Crippen LogP contribution in [0.3, 0.4) is 0 Å². The van der Waals surface area contributed by atoms with Crippen LogP contribution in [0.25, 0.3) is 0 Å². The number of rotatable bonds is 2. The molecule has 0 spiro atoms. The van der Waals surface area contributed by atoms with Gasteiger partial charge < -0.3 is 5.73 Å². The zero-order valence-electron chi connectivity index (χ0n) is 10.3. The molecule has 0 fully saturated rings. The number of halogens is 5. The van der Waals surface area contributed by atoms with E-state index in [0.29, 0.717) is 10.2 Å². The van der Waals surface area contributed by atoms with Gasteiger partial charge in [-0.2, -0.15) is 13.2 Å². The molecule has 0 aliphatic heterocycles. The second-order valence-corrected chi connectivity index (χ2v) is 5.97. The summed E-state index contributed by atoms with van der Waals surface area (Å²) in [6, 6.07) is 7.84. The van der Waals surface area contributed by atoms with Crippen molar-refractivity contribution in [1.29, 1.82) is 0 Å². The Kier molecular flexibility index (Phi) is 4.43. The summed E-state index contributed by atoms with van der Waals surface area (Å²) < 4.78 is 38.9. The molecular formula is C14H8Br2F3NO. The molecule has 0 aromatic heterocycles. The van der Waals surface area contributed by atoms with Crippen molar-refractivity contribution in [3.63, 3.8) is 0 Å². The molecule has 0 aliphatic rings. The molecule has 0 radical (unpaired) electrons. The minimum absolute atomic E-state index is 0.0396. The molecule has 2 N–H and O–H groups in total. The van der Waals surface area contributed by atoms with Crippen molar-refractivity contribution < 1.29 is 18.0 Å². The van der Waals surface area contributed by atoms with Gasteiger partial charge in [-0.05, 0) is 52.3 Å². The maximum absolute atomic E-state index is 12.8. The Labute approximate surface area is 135 Å². The van der Waals surface area contributed by atoms with Gasteiger partial charge in [-0.1, -0.05) is 15.9 Å². The topological polar surface area (TPSA) is 43.1 Å². The molecule has 0 atom stereocenters. The Morgan fingerprint density at radius 1 is 0.952 bits per heavy atom. The molecular weight excluding hydrogens is 415 g/mol. The highest BCUT2D eigenvalue weighted by Gasteiger charge is 2.33. The first kappa shape index (κ1) is 16.0. The lowest BCUT2D eigenvalue weighted by Crippen LogP contribution is -2.09. The molecule has 0 aliphatic carbocycles. The predicted molar refractivity (Wildman–Crippen MR) is 81.1 cm³/mol. The summed E-state index contributed by atoms with van der Waals surface area (Å²) in [5.74, 6) is -0.506. The van der Waals surface area contributed by atoms with E-state index in [1.54, 1.807) is 0 Å². The van der Waals surface area contributed by atoms with Crippen LogP contribution in [0.2, 0.25) is 0 Å². The van der Waals surface area contributed by atoms with Crippen LogP contribution in [0.1, 0.15) is 21.5 Å². The summed E-state index contributed by atoms with van der Waals surface area (Å²) in [5, 5.41) is 0. The van der Waals surface area contributed by atoms with Gasteiger partial charge in [0.15, 0.2) is 5.78 Å². The number of hydrogen-bond donors (Lipinski definition) is 1. The van der Waals surface area contributed by atoms with Crippen LogP contribution in [0, 0.1) is 0 Å². The van der Waals surface area contributed by atoms with Gasteiger partial charge in [0.25, 0.3) is 0 Å². The minimum atomic E-state index is -4.53. The van der Waals surface area contributed by atoms with Crippen LogP contribution in [-0.4, -0.2) is 5.78 Å². The maximum Gasteiger partial charge on any atom is 0.417 e. The third-order valence-electron chi connectivity index (χ3n) is 2.80. The highest BCUT2D eigenvalue weighted by molar-refractivity contribution is 9.10. The van der Waals surface area contributed by atoms with E-state index in [1.165, 1.54) is 30.3 Å². The lowest BCUT2D eigenvalue weighted by atomic mass is 10.0. The van der Waals surface area contributed by atoms with E-state index in [4.69, 9.17) is 5.73 Å². The van der Waals surface area contributed by atoms with Crippen molar-refractivity contribution in [3.05, 3.63) is 62.0 Å². The molecule has 2 aromatic rings. The Morgan fingerprint density at radius 2 is 1.52 bits per heavy atom. The Balaban J connectivity index is 2.46. The van der Waals surface area contributed by atoms with E-state index in [-0.39, 0.29) is 15.6 Å². The summed E-state index contributed by atoms with van der Waals surface area (Å²) in [6.07, 6.45) is -4.53. The quantitative estimate of drug-likeness (QED) is 0.544. The van der Waals surface area contributed by atoms with Crippen LogP contribution in [-0.2, 0) is 6.18 Å². The largest absolute Gasteiger partial charge is 0.417 e. The van der Waals surface area contributed by atoms with Crippen molar-refractivity contribution >= 4 is 43.3 Å². The van der Waals surface area contributed by atoms with Gasteiger partial charge >= 0.3 is 6.18 Å². The fourth-order valence-electron chi connectivity index (χ4n) is 1.72. The van der Waals surface area contributed by atoms with E-state index in [0.717, 1.165) is 6.07 Å². The molecule has 0 bridgehead atoms. The summed E-state index contributed by atoms with van der Waals surface area (Å²) in [4.78, 5) is 12.3. The number of hydrogen-bond acceptors (Lipinski definition) is 2. The van der Waals surface area contributed by atoms with Crippen LogP contribution in [0.4, 0.5) is 18.9 Å². The maximum atomic E-state index is 12.8. The first-order chi connectivity index (χ1) is 9.70. The highest BCUT2D eigenvalue weighted by atomic mass is 79.9. The van der Waals surface area contributed by atoms with E-state index in [2.05, 4.69) is 31.9 Å². The van der Waals surface area contributed by atoms with Crippen LogP contribution < -0.4 is 5.73 Å². The molecule has 110 valence electrons. The van der Waals surface area contributed by atoms with Gasteiger partial charge in [0.05, 0.1) is 5.56 Å². The normalized spacial score (nSPS) is 11.5. The first-order valence-corrected chi connectivity index (χ1v) is 7.25. The Hall–Kier alpha value is -1.34. The average Bonchev–Trinajstić information content (AvgIpc) is 2.40. The summed E-state index contributed by atoms with van der Waals surface area (Å²) in [5.41, 5.74) is 5.39. The van der Waals surface area contributed by atoms with E-state index < -0.39 is 17.5 Å². The lowest BCUT2D eigenvalue weighted by molar-refractivity contribution is -0.138. The van der Waals surface area contributed by atoms with Crippen LogP contribution in [0.5, 0.6) is 0 Å². The van der Waals surface area contributed by atoms with Gasteiger partial charge in [0.2, 0.25) is 0 Å². The van der Waals surface area contributed by atoms with Crippen LogP contribution >= 0.6 is 31.9 Å². The number of ketones is 1. The van der Waals surface area contributed by atoms with E-state index >= 15 is 0 Å². The van der Waals surface area contributed by atoms with Gasteiger partial charge in [0.1, 0.15) is 0 Å². The standard InChI is InChI=1S/C14H8Br2F3NO/c15-10-3-1-7(5-9(10)14(17,18)19)13(21)8-2-4-12(20)11(16)6-8/h1-6H,20H2. The van der Waals surface area contributed by atoms with Gasteiger partial charge in [-0.15, -0.1) is 0 Å². The smallest absolute Gasteiger partial charge is 0.398 e. The Morgan fingerprint density at radius 3 is 2.10 bits per heavy atom. The lowest BCUT2D eigenvalue weighted by Gasteiger charge is -2.11. The summed E-state index contributed by atoms with van der Waals surface area (Å²) in [7, 11) is 0. The molecule has 2 nitrogen and oxygen atoms in total. The molecule has 0 saturated heterocycles. The molecule has 0 saturated carbocycles. The SMILES string of the molecule is Nc1ccc(C(=O)c2ccc(Br)c(C(F)(F)F)c2)cc1Br. The molecule has 0 unspecified atom stereocenters.